The number of rotatable bonds is 5. The first-order valence-corrected chi connectivity index (χ1v) is 7.44. The fourth-order valence-corrected chi connectivity index (χ4v) is 2.07. The van der Waals surface area contributed by atoms with Crippen LogP contribution in [0.5, 0.6) is 0 Å². The van der Waals surface area contributed by atoms with E-state index in [0.29, 0.717) is 0 Å². The van der Waals surface area contributed by atoms with Crippen LogP contribution in [-0.2, 0) is 17.5 Å². The predicted octanol–water partition coefficient (Wildman–Crippen LogP) is 4.23. The summed E-state index contributed by atoms with van der Waals surface area (Å²) in [5, 5.41) is 2.44. The maximum absolute atomic E-state index is 12.9. The molecule has 132 valence electrons. The highest BCUT2D eigenvalue weighted by molar-refractivity contribution is 5.68. The molecule has 3 N–H and O–H groups in total. The second-order valence-electron chi connectivity index (χ2n) is 5.19. The molecule has 0 heterocycles. The number of amides is 1. The smallest absolute Gasteiger partial charge is 0.417 e. The van der Waals surface area contributed by atoms with Gasteiger partial charge >= 0.3 is 12.3 Å². The molecular formula is C18H17F3N2O2. The fourth-order valence-electron chi connectivity index (χ4n) is 2.07. The summed E-state index contributed by atoms with van der Waals surface area (Å²) in [6, 6.07) is 12.7. The molecule has 0 saturated heterocycles. The number of carbonyl (C=O) groups is 1. The van der Waals surface area contributed by atoms with Crippen LogP contribution in [0.3, 0.4) is 0 Å². The van der Waals surface area contributed by atoms with E-state index in [1.165, 1.54) is 24.3 Å². The molecule has 0 bridgehead atoms. The summed E-state index contributed by atoms with van der Waals surface area (Å²) in [4.78, 5) is 11.5. The molecule has 0 aliphatic heterocycles. The average Bonchev–Trinajstić information content (AvgIpc) is 2.58. The molecule has 0 atom stereocenters. The molecule has 0 saturated carbocycles. The molecule has 1 amide bonds. The molecule has 0 fully saturated rings. The van der Waals surface area contributed by atoms with Gasteiger partial charge in [-0.15, -0.1) is 0 Å². The van der Waals surface area contributed by atoms with Crippen molar-refractivity contribution in [1.82, 2.24) is 5.32 Å². The van der Waals surface area contributed by atoms with Crippen LogP contribution in [0.25, 0.3) is 6.08 Å². The average molecular weight is 350 g/mol. The third-order valence-electron chi connectivity index (χ3n) is 3.26. The second-order valence-corrected chi connectivity index (χ2v) is 5.19. The number of alkyl halides is 3. The van der Waals surface area contributed by atoms with E-state index in [2.05, 4.69) is 5.32 Å². The molecule has 4 nitrogen and oxygen atoms in total. The highest BCUT2D eigenvalue weighted by Crippen LogP contribution is 2.33. The Morgan fingerprint density at radius 2 is 1.88 bits per heavy atom. The monoisotopic (exact) mass is 350 g/mol. The van der Waals surface area contributed by atoms with Crippen molar-refractivity contribution in [3.8, 4) is 0 Å². The van der Waals surface area contributed by atoms with Gasteiger partial charge in [-0.1, -0.05) is 48.6 Å². The normalized spacial score (nSPS) is 11.5. The van der Waals surface area contributed by atoms with Gasteiger partial charge in [0.1, 0.15) is 6.61 Å². The number of nitrogens with two attached hydrogens (primary N) is 1. The zero-order chi connectivity index (χ0) is 18.3. The third kappa shape index (κ3) is 5.87. The number of carbonyl (C=O) groups excluding carboxylic acids is 1. The number of ether oxygens (including phenoxy) is 1. The zero-order valence-electron chi connectivity index (χ0n) is 13.2. The number of hydrogen-bond acceptors (Lipinski definition) is 3. The van der Waals surface area contributed by atoms with Crippen molar-refractivity contribution < 1.29 is 22.7 Å². The van der Waals surface area contributed by atoms with Crippen molar-refractivity contribution in [1.29, 1.82) is 0 Å². The Kier molecular flexibility index (Phi) is 6.05. The Bertz CT molecular complexity index is 744. The zero-order valence-corrected chi connectivity index (χ0v) is 13.2. The lowest BCUT2D eigenvalue weighted by Gasteiger charge is -2.11. The van der Waals surface area contributed by atoms with Crippen molar-refractivity contribution in [3.05, 3.63) is 71.3 Å². The molecule has 2 rings (SSSR count). The van der Waals surface area contributed by atoms with E-state index in [1.807, 2.05) is 30.3 Å². The molecule has 0 unspecified atom stereocenters. The molecule has 2 aromatic rings. The summed E-state index contributed by atoms with van der Waals surface area (Å²) < 4.78 is 43.8. The van der Waals surface area contributed by atoms with E-state index < -0.39 is 17.8 Å². The number of alkyl carbamates (subject to hydrolysis) is 1. The van der Waals surface area contributed by atoms with E-state index in [9.17, 15) is 18.0 Å². The first-order chi connectivity index (χ1) is 11.9. The minimum atomic E-state index is -4.50. The minimum Gasteiger partial charge on any atom is -0.445 e. The summed E-state index contributed by atoms with van der Waals surface area (Å²) in [6.45, 7) is 0.155. The molecule has 7 heteroatoms. The van der Waals surface area contributed by atoms with Gasteiger partial charge in [0, 0.05) is 12.2 Å². The van der Waals surface area contributed by atoms with E-state index in [-0.39, 0.29) is 24.4 Å². The van der Waals surface area contributed by atoms with Crippen molar-refractivity contribution in [2.45, 2.75) is 12.8 Å². The van der Waals surface area contributed by atoms with Gasteiger partial charge in [-0.05, 0) is 23.3 Å². The molecule has 0 radical (unpaired) electrons. The van der Waals surface area contributed by atoms with E-state index >= 15 is 0 Å². The van der Waals surface area contributed by atoms with Crippen LogP contribution in [0.1, 0.15) is 16.7 Å². The van der Waals surface area contributed by atoms with Crippen molar-refractivity contribution in [3.63, 3.8) is 0 Å². The van der Waals surface area contributed by atoms with E-state index in [0.717, 1.165) is 11.6 Å². The van der Waals surface area contributed by atoms with Gasteiger partial charge in [-0.2, -0.15) is 13.2 Å². The number of nitrogen functional groups attached to an aromatic ring is 1. The molecule has 0 aliphatic carbocycles. The highest BCUT2D eigenvalue weighted by Gasteiger charge is 2.32. The Morgan fingerprint density at radius 1 is 1.16 bits per heavy atom. The van der Waals surface area contributed by atoms with Crippen LogP contribution in [0, 0.1) is 0 Å². The minimum absolute atomic E-state index is 0.0267. The van der Waals surface area contributed by atoms with Gasteiger partial charge < -0.3 is 15.8 Å². The molecular weight excluding hydrogens is 333 g/mol. The number of anilines is 1. The van der Waals surface area contributed by atoms with Gasteiger partial charge in [-0.25, -0.2) is 4.79 Å². The molecule has 0 aliphatic rings. The SMILES string of the molecule is Nc1ccc(C=CCNC(=O)OCc2ccccc2)c(C(F)(F)F)c1. The van der Waals surface area contributed by atoms with Crippen LogP contribution in [0.2, 0.25) is 0 Å². The summed E-state index contributed by atoms with van der Waals surface area (Å²) >= 11 is 0. The highest BCUT2D eigenvalue weighted by atomic mass is 19.4. The molecule has 25 heavy (non-hydrogen) atoms. The maximum Gasteiger partial charge on any atom is 0.417 e. The quantitative estimate of drug-likeness (QED) is 0.793. The Labute approximate surface area is 143 Å². The summed E-state index contributed by atoms with van der Waals surface area (Å²) in [5.41, 5.74) is 5.42. The van der Waals surface area contributed by atoms with Crippen molar-refractivity contribution >= 4 is 17.9 Å². The Morgan fingerprint density at radius 3 is 2.56 bits per heavy atom. The second kappa shape index (κ2) is 8.23. The Hall–Kier alpha value is -2.96. The lowest BCUT2D eigenvalue weighted by molar-refractivity contribution is -0.137. The van der Waals surface area contributed by atoms with Crippen LogP contribution >= 0.6 is 0 Å². The first kappa shape index (κ1) is 18.4. The lowest BCUT2D eigenvalue weighted by atomic mass is 10.1. The summed E-state index contributed by atoms with van der Waals surface area (Å²) in [5.74, 6) is 0. The van der Waals surface area contributed by atoms with Crippen molar-refractivity contribution in [2.75, 3.05) is 12.3 Å². The molecule has 0 aromatic heterocycles. The number of hydrogen-bond donors (Lipinski definition) is 2. The topological polar surface area (TPSA) is 64.3 Å². The van der Waals surface area contributed by atoms with Crippen LogP contribution in [0.4, 0.5) is 23.7 Å². The van der Waals surface area contributed by atoms with E-state index in [1.54, 1.807) is 0 Å². The van der Waals surface area contributed by atoms with Crippen LogP contribution in [0.15, 0.2) is 54.6 Å². The number of benzene rings is 2. The van der Waals surface area contributed by atoms with E-state index in [4.69, 9.17) is 10.5 Å². The summed E-state index contributed by atoms with van der Waals surface area (Å²) in [7, 11) is 0. The van der Waals surface area contributed by atoms with Gasteiger partial charge in [0.25, 0.3) is 0 Å². The fraction of sp³-hybridized carbons (Fsp3) is 0.167. The van der Waals surface area contributed by atoms with Gasteiger partial charge in [0.2, 0.25) is 0 Å². The van der Waals surface area contributed by atoms with Crippen LogP contribution in [-0.4, -0.2) is 12.6 Å². The van der Waals surface area contributed by atoms with Gasteiger partial charge in [0.15, 0.2) is 0 Å². The summed E-state index contributed by atoms with van der Waals surface area (Å²) in [6.07, 6.45) is -2.47. The van der Waals surface area contributed by atoms with Gasteiger partial charge in [-0.3, -0.25) is 0 Å². The number of halogens is 3. The Balaban J connectivity index is 1.86. The van der Waals surface area contributed by atoms with Crippen LogP contribution < -0.4 is 11.1 Å². The van der Waals surface area contributed by atoms with Gasteiger partial charge in [0.05, 0.1) is 5.56 Å². The number of nitrogens with one attached hydrogen (secondary N) is 1. The molecule has 2 aromatic carbocycles. The maximum atomic E-state index is 12.9. The molecule has 0 spiro atoms. The van der Waals surface area contributed by atoms with Crippen molar-refractivity contribution in [2.24, 2.45) is 0 Å². The largest absolute Gasteiger partial charge is 0.445 e. The first-order valence-electron chi connectivity index (χ1n) is 7.44. The standard InChI is InChI=1S/C18H17F3N2O2/c19-18(20,21)16-11-15(22)9-8-14(16)7-4-10-23-17(24)25-12-13-5-2-1-3-6-13/h1-9,11H,10,12,22H2,(H,23,24). The lowest BCUT2D eigenvalue weighted by Crippen LogP contribution is -2.24. The predicted molar refractivity (Wildman–Crippen MR) is 89.5 cm³/mol. The third-order valence-corrected chi connectivity index (χ3v) is 3.26.